The maximum Gasteiger partial charge on any atom is 0.228 e. The Morgan fingerprint density at radius 2 is 1.84 bits per heavy atom. The van der Waals surface area contributed by atoms with Crippen LogP contribution in [-0.4, -0.2) is 37.0 Å². The molecule has 1 aliphatic heterocycles. The fourth-order valence-electron chi connectivity index (χ4n) is 2.48. The summed E-state index contributed by atoms with van der Waals surface area (Å²) in [5.74, 6) is -0.0617. The first kappa shape index (κ1) is 14.0. The molecule has 0 aromatic heterocycles. The van der Waals surface area contributed by atoms with E-state index in [9.17, 15) is 9.18 Å². The molecule has 19 heavy (non-hydrogen) atoms. The number of nitrogens with zero attached hydrogens (tertiary/aromatic N) is 1. The Kier molecular flexibility index (Phi) is 4.20. The van der Waals surface area contributed by atoms with Crippen LogP contribution in [0.25, 0.3) is 0 Å². The van der Waals surface area contributed by atoms with Crippen molar-refractivity contribution in [1.82, 2.24) is 10.2 Å². The summed E-state index contributed by atoms with van der Waals surface area (Å²) in [5.41, 5.74) is 0.546. The molecule has 0 atom stereocenters. The summed E-state index contributed by atoms with van der Waals surface area (Å²) in [6, 6.07) is 6.39. The molecule has 0 radical (unpaired) electrons. The zero-order chi connectivity index (χ0) is 13.9. The molecule has 0 saturated carbocycles. The van der Waals surface area contributed by atoms with Crippen molar-refractivity contribution in [1.29, 1.82) is 0 Å². The van der Waals surface area contributed by atoms with E-state index in [2.05, 4.69) is 5.32 Å². The highest BCUT2D eigenvalue weighted by atomic mass is 19.1. The van der Waals surface area contributed by atoms with Gasteiger partial charge >= 0.3 is 0 Å². The maximum absolute atomic E-state index is 12.9. The lowest BCUT2D eigenvalue weighted by Gasteiger charge is -2.34. The van der Waals surface area contributed by atoms with Gasteiger partial charge in [-0.3, -0.25) is 4.79 Å². The van der Waals surface area contributed by atoms with E-state index >= 15 is 0 Å². The summed E-state index contributed by atoms with van der Waals surface area (Å²) in [6.07, 6.45) is 0.635. The van der Waals surface area contributed by atoms with E-state index in [4.69, 9.17) is 0 Å². The maximum atomic E-state index is 12.9. The van der Waals surface area contributed by atoms with Gasteiger partial charge in [0.25, 0.3) is 0 Å². The Bertz CT molecular complexity index is 436. The first-order valence-electron chi connectivity index (χ1n) is 6.73. The van der Waals surface area contributed by atoms with Gasteiger partial charge < -0.3 is 10.2 Å². The summed E-state index contributed by atoms with van der Waals surface area (Å²) in [5, 5.41) is 3.24. The van der Waals surface area contributed by atoms with Crippen molar-refractivity contribution in [2.45, 2.75) is 20.3 Å². The van der Waals surface area contributed by atoms with Gasteiger partial charge in [0.2, 0.25) is 5.91 Å². The molecule has 1 aromatic carbocycles. The van der Waals surface area contributed by atoms with Crippen LogP contribution < -0.4 is 5.32 Å². The van der Waals surface area contributed by atoms with Crippen molar-refractivity contribution < 1.29 is 9.18 Å². The summed E-state index contributed by atoms with van der Waals surface area (Å²) in [4.78, 5) is 14.4. The fraction of sp³-hybridized carbons (Fsp3) is 0.533. The second-order valence-corrected chi connectivity index (χ2v) is 5.73. The molecule has 0 unspecified atom stereocenters. The molecule has 1 heterocycles. The third kappa shape index (κ3) is 3.53. The largest absolute Gasteiger partial charge is 0.340 e. The number of nitrogens with one attached hydrogen (secondary N) is 1. The van der Waals surface area contributed by atoms with Crippen molar-refractivity contribution in [2.24, 2.45) is 5.41 Å². The molecule has 0 aliphatic carbocycles. The zero-order valence-electron chi connectivity index (χ0n) is 11.6. The first-order chi connectivity index (χ1) is 8.99. The molecule has 1 aromatic rings. The monoisotopic (exact) mass is 264 g/mol. The number of halogens is 1. The molecule has 1 fully saturated rings. The van der Waals surface area contributed by atoms with Gasteiger partial charge in [0.05, 0.1) is 0 Å². The molecular weight excluding hydrogens is 243 g/mol. The third-order valence-corrected chi connectivity index (χ3v) is 3.54. The molecule has 3 nitrogen and oxygen atoms in total. The summed E-state index contributed by atoms with van der Waals surface area (Å²) < 4.78 is 12.9. The van der Waals surface area contributed by atoms with Gasteiger partial charge in [-0.25, -0.2) is 4.39 Å². The lowest BCUT2D eigenvalue weighted by Crippen LogP contribution is -2.51. The minimum atomic E-state index is -0.449. The van der Waals surface area contributed by atoms with Crippen molar-refractivity contribution in [3.63, 3.8) is 0 Å². The van der Waals surface area contributed by atoms with Crippen LogP contribution in [0.3, 0.4) is 0 Å². The van der Waals surface area contributed by atoms with Crippen LogP contribution in [0.4, 0.5) is 4.39 Å². The van der Waals surface area contributed by atoms with Gasteiger partial charge in [-0.15, -0.1) is 0 Å². The second kappa shape index (κ2) is 5.70. The topological polar surface area (TPSA) is 32.3 Å². The molecule has 104 valence electrons. The van der Waals surface area contributed by atoms with E-state index in [1.807, 2.05) is 18.7 Å². The predicted molar refractivity (Wildman–Crippen MR) is 73.3 cm³/mol. The highest BCUT2D eigenvalue weighted by molar-refractivity contribution is 5.82. The van der Waals surface area contributed by atoms with E-state index in [0.717, 1.165) is 31.7 Å². The number of carbonyl (C=O) groups is 1. The van der Waals surface area contributed by atoms with Crippen molar-refractivity contribution in [3.05, 3.63) is 35.6 Å². The zero-order valence-corrected chi connectivity index (χ0v) is 11.6. The standard InChI is InChI=1S/C15H21FN2O/c1-15(2,11-12-3-5-13(16)6-4-12)14(19)18-9-7-17-8-10-18/h3-6,17H,7-11H2,1-2H3. The number of piperazine rings is 1. The van der Waals surface area contributed by atoms with Crippen molar-refractivity contribution in [2.75, 3.05) is 26.2 Å². The van der Waals surface area contributed by atoms with Gasteiger partial charge in [0.1, 0.15) is 5.82 Å². The van der Waals surface area contributed by atoms with Crippen LogP contribution in [0.5, 0.6) is 0 Å². The van der Waals surface area contributed by atoms with E-state index in [0.29, 0.717) is 6.42 Å². The van der Waals surface area contributed by atoms with Crippen LogP contribution in [0.15, 0.2) is 24.3 Å². The molecule has 2 rings (SSSR count). The van der Waals surface area contributed by atoms with Crippen LogP contribution >= 0.6 is 0 Å². The predicted octanol–water partition coefficient (Wildman–Crippen LogP) is 1.83. The Morgan fingerprint density at radius 3 is 2.42 bits per heavy atom. The second-order valence-electron chi connectivity index (χ2n) is 5.73. The molecule has 1 N–H and O–H groups in total. The van der Waals surface area contributed by atoms with Gasteiger partial charge in [0, 0.05) is 31.6 Å². The molecule has 1 aliphatic rings. The lowest BCUT2D eigenvalue weighted by atomic mass is 9.84. The van der Waals surface area contributed by atoms with Crippen molar-refractivity contribution in [3.8, 4) is 0 Å². The molecule has 1 amide bonds. The van der Waals surface area contributed by atoms with Crippen LogP contribution in [0.2, 0.25) is 0 Å². The number of amides is 1. The molecule has 4 heteroatoms. The molecule has 1 saturated heterocycles. The normalized spacial score (nSPS) is 16.5. The van der Waals surface area contributed by atoms with Crippen LogP contribution in [0.1, 0.15) is 19.4 Å². The van der Waals surface area contributed by atoms with E-state index in [1.165, 1.54) is 12.1 Å². The highest BCUT2D eigenvalue weighted by Crippen LogP contribution is 2.25. The Balaban J connectivity index is 2.04. The third-order valence-electron chi connectivity index (χ3n) is 3.54. The summed E-state index contributed by atoms with van der Waals surface area (Å²) in [6.45, 7) is 7.18. The minimum absolute atomic E-state index is 0.179. The van der Waals surface area contributed by atoms with E-state index < -0.39 is 5.41 Å². The number of hydrogen-bond acceptors (Lipinski definition) is 2. The van der Waals surface area contributed by atoms with E-state index in [1.54, 1.807) is 12.1 Å². The minimum Gasteiger partial charge on any atom is -0.340 e. The lowest BCUT2D eigenvalue weighted by molar-refractivity contribution is -0.140. The Labute approximate surface area is 113 Å². The number of carbonyl (C=O) groups excluding carboxylic acids is 1. The SMILES string of the molecule is CC(C)(Cc1ccc(F)cc1)C(=O)N1CCNCC1. The number of hydrogen-bond donors (Lipinski definition) is 1. The molecule has 0 bridgehead atoms. The summed E-state index contributed by atoms with van der Waals surface area (Å²) in [7, 11) is 0. The highest BCUT2D eigenvalue weighted by Gasteiger charge is 2.32. The number of rotatable bonds is 3. The average Bonchev–Trinajstić information content (AvgIpc) is 2.41. The molecular formula is C15H21FN2O. The Hall–Kier alpha value is -1.42. The molecule has 0 spiro atoms. The van der Waals surface area contributed by atoms with Gasteiger partial charge in [0.15, 0.2) is 0 Å². The first-order valence-corrected chi connectivity index (χ1v) is 6.73. The fourth-order valence-corrected chi connectivity index (χ4v) is 2.48. The van der Waals surface area contributed by atoms with Crippen LogP contribution in [-0.2, 0) is 11.2 Å². The van der Waals surface area contributed by atoms with Crippen molar-refractivity contribution >= 4 is 5.91 Å². The average molecular weight is 264 g/mol. The van der Waals surface area contributed by atoms with Gasteiger partial charge in [-0.05, 0) is 24.1 Å². The Morgan fingerprint density at radius 1 is 1.26 bits per heavy atom. The number of benzene rings is 1. The summed E-state index contributed by atoms with van der Waals surface area (Å²) >= 11 is 0. The van der Waals surface area contributed by atoms with Crippen LogP contribution in [0, 0.1) is 11.2 Å². The van der Waals surface area contributed by atoms with Gasteiger partial charge in [-0.2, -0.15) is 0 Å². The van der Waals surface area contributed by atoms with Gasteiger partial charge in [-0.1, -0.05) is 26.0 Å². The smallest absolute Gasteiger partial charge is 0.228 e. The quantitative estimate of drug-likeness (QED) is 0.903. The van der Waals surface area contributed by atoms with E-state index in [-0.39, 0.29) is 11.7 Å².